The van der Waals surface area contributed by atoms with Crippen molar-refractivity contribution >= 4 is 28.0 Å². The maximum absolute atomic E-state index is 13.4. The molecule has 0 saturated carbocycles. The summed E-state index contributed by atoms with van der Waals surface area (Å²) >= 11 is 0. The average Bonchev–Trinajstić information content (AvgIpc) is 3.29. The van der Waals surface area contributed by atoms with E-state index in [0.29, 0.717) is 22.6 Å². The lowest BCUT2D eigenvalue weighted by atomic mass is 10.2. The summed E-state index contributed by atoms with van der Waals surface area (Å²) in [5.74, 6) is -0.348. The molecule has 3 aromatic rings. The fourth-order valence-corrected chi connectivity index (χ4v) is 3.20. The molecule has 4 rings (SSSR count). The minimum absolute atomic E-state index is 0.00566. The summed E-state index contributed by atoms with van der Waals surface area (Å²) in [6, 6.07) is 14.7. The number of hydrogen-bond donors (Lipinski definition) is 1. The number of rotatable bonds is 4. The van der Waals surface area contributed by atoms with Crippen LogP contribution in [-0.2, 0) is 19.6 Å². The number of carbonyl (C=O) groups is 1. The van der Waals surface area contributed by atoms with Crippen LogP contribution < -0.4 is 5.14 Å². The molecule has 0 unspecified atom stereocenters. The normalized spacial score (nSPS) is 15.4. The lowest BCUT2D eigenvalue weighted by Crippen LogP contribution is -2.11. The Morgan fingerprint density at radius 2 is 1.76 bits per heavy atom. The van der Waals surface area contributed by atoms with Crippen molar-refractivity contribution in [2.45, 2.75) is 4.90 Å². The second-order valence-corrected chi connectivity index (χ2v) is 7.68. The van der Waals surface area contributed by atoms with E-state index in [1.54, 1.807) is 30.3 Å². The number of hydrogen-bond acceptors (Lipinski definition) is 6. The zero-order valence-corrected chi connectivity index (χ0v) is 15.5. The topological polar surface area (TPSA) is 112 Å². The highest BCUT2D eigenvalue weighted by molar-refractivity contribution is 7.89. The molecule has 0 radical (unpaired) electrons. The van der Waals surface area contributed by atoms with Crippen molar-refractivity contribution in [2.75, 3.05) is 0 Å². The molecule has 0 spiro atoms. The standard InChI is InChI=1S/C20H13FN2O5S/c21-14-3-1-2-13(10-14)19-23-17(20(24)28-19)11-15-6-9-18(27-15)12-4-7-16(8-5-12)29(22,25)26/h1-11H,(H2,22,25,26)/b17-11-. The van der Waals surface area contributed by atoms with Gasteiger partial charge in [0.05, 0.1) is 4.90 Å². The average molecular weight is 412 g/mol. The lowest BCUT2D eigenvalue weighted by Gasteiger charge is -2.00. The van der Waals surface area contributed by atoms with Gasteiger partial charge in [0.25, 0.3) is 0 Å². The Morgan fingerprint density at radius 3 is 2.45 bits per heavy atom. The predicted octanol–water partition coefficient (Wildman–Crippen LogP) is 3.08. The third kappa shape index (κ3) is 4.00. The van der Waals surface area contributed by atoms with Crippen molar-refractivity contribution in [3.8, 4) is 11.3 Å². The van der Waals surface area contributed by atoms with Crippen molar-refractivity contribution < 1.29 is 26.8 Å². The van der Waals surface area contributed by atoms with Crippen molar-refractivity contribution in [2.24, 2.45) is 10.1 Å². The van der Waals surface area contributed by atoms with Crippen LogP contribution in [-0.4, -0.2) is 20.3 Å². The minimum atomic E-state index is -3.78. The molecule has 0 amide bonds. The molecule has 7 nitrogen and oxygen atoms in total. The number of benzene rings is 2. The van der Waals surface area contributed by atoms with Gasteiger partial charge in [-0.05, 0) is 54.6 Å². The molecule has 0 bridgehead atoms. The zero-order valence-electron chi connectivity index (χ0n) is 14.7. The number of nitrogens with zero attached hydrogens (tertiary/aromatic N) is 1. The number of halogens is 1. The first-order valence-corrected chi connectivity index (χ1v) is 9.86. The van der Waals surface area contributed by atoms with Gasteiger partial charge in [0, 0.05) is 17.2 Å². The van der Waals surface area contributed by atoms with Crippen molar-refractivity contribution in [3.05, 3.63) is 83.5 Å². The van der Waals surface area contributed by atoms with E-state index in [-0.39, 0.29) is 16.5 Å². The summed E-state index contributed by atoms with van der Waals surface area (Å²) in [7, 11) is -3.78. The molecule has 2 N–H and O–H groups in total. The molecule has 2 aromatic carbocycles. The molecule has 0 fully saturated rings. The van der Waals surface area contributed by atoms with Gasteiger partial charge >= 0.3 is 5.97 Å². The number of aliphatic imine (C=N–C) groups is 1. The molecule has 2 heterocycles. The van der Waals surface area contributed by atoms with Gasteiger partial charge in [-0.15, -0.1) is 0 Å². The first kappa shape index (κ1) is 18.8. The molecule has 1 aliphatic heterocycles. The summed E-state index contributed by atoms with van der Waals surface area (Å²) in [5, 5.41) is 5.08. The number of furan rings is 1. The maximum Gasteiger partial charge on any atom is 0.363 e. The van der Waals surface area contributed by atoms with E-state index in [1.165, 1.54) is 36.4 Å². The third-order valence-electron chi connectivity index (χ3n) is 4.07. The number of primary sulfonamides is 1. The number of ether oxygens (including phenoxy) is 1. The summed E-state index contributed by atoms with van der Waals surface area (Å²) in [6.07, 6.45) is 1.40. The van der Waals surface area contributed by atoms with Crippen LogP contribution in [0.1, 0.15) is 11.3 Å². The first-order chi connectivity index (χ1) is 13.8. The molecule has 0 atom stereocenters. The second kappa shape index (κ2) is 7.12. The summed E-state index contributed by atoms with van der Waals surface area (Å²) in [5.41, 5.74) is 0.978. The van der Waals surface area contributed by atoms with Gasteiger partial charge in [-0.25, -0.2) is 27.7 Å². The maximum atomic E-state index is 13.4. The van der Waals surface area contributed by atoms with Crippen LogP contribution in [0.25, 0.3) is 17.4 Å². The Bertz CT molecular complexity index is 1270. The number of esters is 1. The Kier molecular flexibility index (Phi) is 4.61. The van der Waals surface area contributed by atoms with Crippen LogP contribution in [0, 0.1) is 5.82 Å². The van der Waals surface area contributed by atoms with E-state index < -0.39 is 21.8 Å². The van der Waals surface area contributed by atoms with E-state index in [0.717, 1.165) is 0 Å². The van der Waals surface area contributed by atoms with Gasteiger partial charge < -0.3 is 9.15 Å². The molecule has 1 aromatic heterocycles. The van der Waals surface area contributed by atoms with Crippen molar-refractivity contribution in [1.29, 1.82) is 0 Å². The van der Waals surface area contributed by atoms with Crippen LogP contribution in [0.2, 0.25) is 0 Å². The van der Waals surface area contributed by atoms with E-state index >= 15 is 0 Å². The van der Waals surface area contributed by atoms with Crippen LogP contribution >= 0.6 is 0 Å². The fraction of sp³-hybridized carbons (Fsp3) is 0. The van der Waals surface area contributed by atoms with Crippen molar-refractivity contribution in [3.63, 3.8) is 0 Å². The van der Waals surface area contributed by atoms with Gasteiger partial charge in [0.2, 0.25) is 15.9 Å². The highest BCUT2D eigenvalue weighted by Gasteiger charge is 2.25. The van der Waals surface area contributed by atoms with E-state index in [4.69, 9.17) is 14.3 Å². The molecule has 0 aliphatic carbocycles. The fourth-order valence-electron chi connectivity index (χ4n) is 2.68. The van der Waals surface area contributed by atoms with E-state index in [9.17, 15) is 17.6 Å². The van der Waals surface area contributed by atoms with E-state index in [1.807, 2.05) is 0 Å². The number of sulfonamides is 1. The molecule has 0 saturated heterocycles. The summed E-state index contributed by atoms with van der Waals surface area (Å²) < 4.78 is 46.8. The van der Waals surface area contributed by atoms with Crippen molar-refractivity contribution in [1.82, 2.24) is 0 Å². The van der Waals surface area contributed by atoms with Crippen LogP contribution in [0.5, 0.6) is 0 Å². The highest BCUT2D eigenvalue weighted by atomic mass is 32.2. The van der Waals surface area contributed by atoms with Crippen LogP contribution in [0.3, 0.4) is 0 Å². The van der Waals surface area contributed by atoms with Gasteiger partial charge in [-0.2, -0.15) is 0 Å². The minimum Gasteiger partial charge on any atom is -0.457 e. The molecule has 9 heteroatoms. The van der Waals surface area contributed by atoms with Gasteiger partial charge in [0.1, 0.15) is 17.3 Å². The van der Waals surface area contributed by atoms with E-state index in [2.05, 4.69) is 4.99 Å². The third-order valence-corrected chi connectivity index (χ3v) is 4.99. The lowest BCUT2D eigenvalue weighted by molar-refractivity contribution is -0.129. The quantitative estimate of drug-likeness (QED) is 0.523. The van der Waals surface area contributed by atoms with Gasteiger partial charge in [0.15, 0.2) is 5.70 Å². The molecule has 146 valence electrons. The Balaban J connectivity index is 1.60. The van der Waals surface area contributed by atoms with Crippen LogP contribution in [0.4, 0.5) is 4.39 Å². The van der Waals surface area contributed by atoms with Gasteiger partial charge in [-0.1, -0.05) is 6.07 Å². The Labute approximate surface area is 165 Å². The molecular weight excluding hydrogens is 399 g/mol. The summed E-state index contributed by atoms with van der Waals surface area (Å²) in [4.78, 5) is 16.1. The second-order valence-electron chi connectivity index (χ2n) is 6.12. The monoisotopic (exact) mass is 412 g/mol. The molecule has 1 aliphatic rings. The Morgan fingerprint density at radius 1 is 1.00 bits per heavy atom. The van der Waals surface area contributed by atoms with Gasteiger partial charge in [-0.3, -0.25) is 0 Å². The highest BCUT2D eigenvalue weighted by Crippen LogP contribution is 2.26. The first-order valence-electron chi connectivity index (χ1n) is 8.31. The van der Waals surface area contributed by atoms with Crippen LogP contribution in [0.15, 0.2) is 80.7 Å². The number of carbonyl (C=O) groups excluding carboxylic acids is 1. The zero-order chi connectivity index (χ0) is 20.6. The number of nitrogens with two attached hydrogens (primary N) is 1. The Hall–Kier alpha value is -3.56. The molecule has 29 heavy (non-hydrogen) atoms. The summed E-state index contributed by atoms with van der Waals surface area (Å²) in [6.45, 7) is 0. The largest absolute Gasteiger partial charge is 0.457 e. The SMILES string of the molecule is NS(=O)(=O)c1ccc(-c2ccc(/C=C3\N=C(c4cccc(F)c4)OC3=O)o2)cc1. The smallest absolute Gasteiger partial charge is 0.363 e. The molecular formula is C20H13FN2O5S. The number of cyclic esters (lactones) is 1. The predicted molar refractivity (Wildman–Crippen MR) is 103 cm³/mol.